The number of carbonyl (C=O) groups is 1. The van der Waals surface area contributed by atoms with Gasteiger partial charge in [0, 0.05) is 0 Å². The van der Waals surface area contributed by atoms with Gasteiger partial charge in [-0.05, 0) is 36.4 Å². The van der Waals surface area contributed by atoms with Crippen LogP contribution >= 0.6 is 0 Å². The molecule has 1 aliphatic heterocycles. The number of carbonyl (C=O) groups excluding carboxylic acids is 1. The van der Waals surface area contributed by atoms with Gasteiger partial charge in [-0.2, -0.15) is 5.26 Å². The zero-order chi connectivity index (χ0) is 14.7. The number of benzene rings is 2. The van der Waals surface area contributed by atoms with Crippen LogP contribution in [0, 0.1) is 11.3 Å². The molecule has 5 heteroatoms. The normalized spacial score (nSPS) is 12.3. The molecular weight excluding hydrogens is 270 g/mol. The van der Waals surface area contributed by atoms with Crippen LogP contribution in [0.15, 0.2) is 42.5 Å². The highest BCUT2D eigenvalue weighted by Gasteiger charge is 2.16. The number of ether oxygens (including phenoxy) is 3. The molecule has 1 heterocycles. The highest BCUT2D eigenvalue weighted by atomic mass is 16.6. The summed E-state index contributed by atoms with van der Waals surface area (Å²) in [5.41, 5.74) is 0.795. The average molecular weight is 281 g/mol. The molecule has 0 amide bonds. The Kier molecular flexibility index (Phi) is 3.44. The molecule has 2 aromatic rings. The van der Waals surface area contributed by atoms with E-state index in [1.807, 2.05) is 6.07 Å². The van der Waals surface area contributed by atoms with Crippen LogP contribution < -0.4 is 14.2 Å². The van der Waals surface area contributed by atoms with Crippen molar-refractivity contribution >= 4 is 5.97 Å². The summed E-state index contributed by atoms with van der Waals surface area (Å²) in [4.78, 5) is 12.1. The standard InChI is InChI=1S/C16H11NO4/c17-10-11-2-1-3-13(8-11)21-16(18)12-4-5-14-15(9-12)20-7-6-19-14/h1-5,8-9H,6-7H2. The van der Waals surface area contributed by atoms with Gasteiger partial charge in [0.05, 0.1) is 17.2 Å². The van der Waals surface area contributed by atoms with Crippen molar-refractivity contribution < 1.29 is 19.0 Å². The Balaban J connectivity index is 1.80. The molecule has 0 atom stereocenters. The third-order valence-corrected chi connectivity index (χ3v) is 2.95. The molecule has 0 N–H and O–H groups in total. The van der Waals surface area contributed by atoms with Crippen molar-refractivity contribution in [1.82, 2.24) is 0 Å². The molecule has 1 aliphatic rings. The van der Waals surface area contributed by atoms with Crippen molar-refractivity contribution in [2.45, 2.75) is 0 Å². The van der Waals surface area contributed by atoms with Crippen molar-refractivity contribution in [2.24, 2.45) is 0 Å². The Bertz CT molecular complexity index is 733. The minimum atomic E-state index is -0.512. The van der Waals surface area contributed by atoms with E-state index in [1.54, 1.807) is 36.4 Å². The number of fused-ring (bicyclic) bond motifs is 1. The lowest BCUT2D eigenvalue weighted by Crippen LogP contribution is -2.16. The van der Waals surface area contributed by atoms with Gasteiger partial charge in [-0.25, -0.2) is 4.79 Å². The van der Waals surface area contributed by atoms with Gasteiger partial charge in [0.25, 0.3) is 0 Å². The molecular formula is C16H11NO4. The molecule has 0 saturated carbocycles. The van der Waals surface area contributed by atoms with Crippen molar-refractivity contribution in [1.29, 1.82) is 5.26 Å². The second-order valence-corrected chi connectivity index (χ2v) is 4.39. The fourth-order valence-corrected chi connectivity index (χ4v) is 1.97. The lowest BCUT2D eigenvalue weighted by Gasteiger charge is -2.18. The predicted octanol–water partition coefficient (Wildman–Crippen LogP) is 2.55. The molecule has 0 spiro atoms. The van der Waals surface area contributed by atoms with E-state index in [0.29, 0.717) is 41.6 Å². The van der Waals surface area contributed by atoms with Crippen molar-refractivity contribution in [2.75, 3.05) is 13.2 Å². The monoisotopic (exact) mass is 281 g/mol. The van der Waals surface area contributed by atoms with Crippen LogP contribution in [0.5, 0.6) is 17.2 Å². The summed E-state index contributed by atoms with van der Waals surface area (Å²) in [5, 5.41) is 8.82. The van der Waals surface area contributed by atoms with Crippen LogP contribution in [0.3, 0.4) is 0 Å². The van der Waals surface area contributed by atoms with Crippen molar-refractivity contribution in [3.05, 3.63) is 53.6 Å². The first kappa shape index (κ1) is 13.0. The lowest BCUT2D eigenvalue weighted by molar-refractivity contribution is 0.0733. The summed E-state index contributed by atoms with van der Waals surface area (Å²) in [6.07, 6.45) is 0. The van der Waals surface area contributed by atoms with E-state index in [2.05, 4.69) is 0 Å². The minimum absolute atomic E-state index is 0.328. The summed E-state index contributed by atoms with van der Waals surface area (Å²) >= 11 is 0. The molecule has 5 nitrogen and oxygen atoms in total. The summed E-state index contributed by atoms with van der Waals surface area (Å²) in [5.74, 6) is 0.960. The molecule has 0 bridgehead atoms. The maximum absolute atomic E-state index is 12.1. The fraction of sp³-hybridized carbons (Fsp3) is 0.125. The molecule has 21 heavy (non-hydrogen) atoms. The second kappa shape index (κ2) is 5.55. The Hall–Kier alpha value is -3.00. The molecule has 0 aliphatic carbocycles. The Morgan fingerprint density at radius 3 is 2.71 bits per heavy atom. The number of rotatable bonds is 2. The number of hydrogen-bond acceptors (Lipinski definition) is 5. The zero-order valence-electron chi connectivity index (χ0n) is 11.0. The maximum Gasteiger partial charge on any atom is 0.343 e. The van der Waals surface area contributed by atoms with E-state index < -0.39 is 5.97 Å². The van der Waals surface area contributed by atoms with E-state index in [9.17, 15) is 4.79 Å². The largest absolute Gasteiger partial charge is 0.486 e. The third-order valence-electron chi connectivity index (χ3n) is 2.95. The maximum atomic E-state index is 12.1. The molecule has 3 rings (SSSR count). The third kappa shape index (κ3) is 2.79. The lowest BCUT2D eigenvalue weighted by atomic mass is 10.2. The van der Waals surface area contributed by atoms with Crippen LogP contribution in [0.25, 0.3) is 0 Å². The molecule has 0 aromatic heterocycles. The quantitative estimate of drug-likeness (QED) is 0.625. The highest BCUT2D eigenvalue weighted by molar-refractivity contribution is 5.91. The smallest absolute Gasteiger partial charge is 0.343 e. The molecule has 0 saturated heterocycles. The Morgan fingerprint density at radius 1 is 1.10 bits per heavy atom. The Morgan fingerprint density at radius 2 is 1.90 bits per heavy atom. The predicted molar refractivity (Wildman–Crippen MR) is 73.5 cm³/mol. The van der Waals surface area contributed by atoms with E-state index in [-0.39, 0.29) is 0 Å². The van der Waals surface area contributed by atoms with Gasteiger partial charge < -0.3 is 14.2 Å². The van der Waals surface area contributed by atoms with Gasteiger partial charge in [0.2, 0.25) is 0 Å². The second-order valence-electron chi connectivity index (χ2n) is 4.39. The van der Waals surface area contributed by atoms with Crippen molar-refractivity contribution in [3.8, 4) is 23.3 Å². The molecule has 104 valence electrons. The number of esters is 1. The zero-order valence-corrected chi connectivity index (χ0v) is 11.0. The van der Waals surface area contributed by atoms with Gasteiger partial charge >= 0.3 is 5.97 Å². The molecule has 2 aromatic carbocycles. The molecule has 0 radical (unpaired) electrons. The van der Waals surface area contributed by atoms with E-state index >= 15 is 0 Å². The van der Waals surface area contributed by atoms with Crippen molar-refractivity contribution in [3.63, 3.8) is 0 Å². The topological polar surface area (TPSA) is 68.5 Å². The molecule has 0 fully saturated rings. The van der Waals surface area contributed by atoms with Crippen LogP contribution in [0.2, 0.25) is 0 Å². The fourth-order valence-electron chi connectivity index (χ4n) is 1.97. The minimum Gasteiger partial charge on any atom is -0.486 e. The van der Waals surface area contributed by atoms with Gasteiger partial charge in [-0.15, -0.1) is 0 Å². The summed E-state index contributed by atoms with van der Waals surface area (Å²) in [6, 6.07) is 13.3. The number of nitrogens with zero attached hydrogens (tertiary/aromatic N) is 1. The number of hydrogen-bond donors (Lipinski definition) is 0. The van der Waals surface area contributed by atoms with E-state index in [0.717, 1.165) is 0 Å². The van der Waals surface area contributed by atoms with Gasteiger partial charge in [-0.1, -0.05) is 6.07 Å². The first-order valence-electron chi connectivity index (χ1n) is 6.38. The van der Waals surface area contributed by atoms with Crippen LogP contribution in [0.4, 0.5) is 0 Å². The number of nitriles is 1. The van der Waals surface area contributed by atoms with Gasteiger partial charge in [0.15, 0.2) is 11.5 Å². The van der Waals surface area contributed by atoms with Gasteiger partial charge in [0.1, 0.15) is 19.0 Å². The van der Waals surface area contributed by atoms with Crippen LogP contribution in [-0.4, -0.2) is 19.2 Å². The first-order chi connectivity index (χ1) is 10.3. The first-order valence-corrected chi connectivity index (χ1v) is 6.38. The highest BCUT2D eigenvalue weighted by Crippen LogP contribution is 2.31. The van der Waals surface area contributed by atoms with E-state index in [1.165, 1.54) is 6.07 Å². The summed E-state index contributed by atoms with van der Waals surface area (Å²) in [6.45, 7) is 0.952. The SMILES string of the molecule is N#Cc1cccc(OC(=O)c2ccc3c(c2)OCCO3)c1. The summed E-state index contributed by atoms with van der Waals surface area (Å²) < 4.78 is 16.1. The average Bonchev–Trinajstić information content (AvgIpc) is 2.54. The Labute approximate surface area is 121 Å². The molecule has 0 unspecified atom stereocenters. The van der Waals surface area contributed by atoms with Gasteiger partial charge in [-0.3, -0.25) is 0 Å². The van der Waals surface area contributed by atoms with Crippen LogP contribution in [0.1, 0.15) is 15.9 Å². The summed E-state index contributed by atoms with van der Waals surface area (Å²) in [7, 11) is 0. The van der Waals surface area contributed by atoms with Crippen LogP contribution in [-0.2, 0) is 0 Å². The van der Waals surface area contributed by atoms with E-state index in [4.69, 9.17) is 19.5 Å².